The molecule has 0 aliphatic rings. The Kier molecular flexibility index (Phi) is 11.3. The molecule has 0 radical (unpaired) electrons. The van der Waals surface area contributed by atoms with Crippen molar-refractivity contribution < 1.29 is 42.9 Å². The van der Waals surface area contributed by atoms with E-state index in [-0.39, 0.29) is 37.1 Å². The lowest BCUT2D eigenvalue weighted by Crippen LogP contribution is -2.37. The number of ether oxygens (including phenoxy) is 5. The highest BCUT2D eigenvalue weighted by Crippen LogP contribution is 2.30. The first kappa shape index (κ1) is 27.9. The molecule has 1 rings (SSSR count). The molecule has 2 atom stereocenters. The van der Waals surface area contributed by atoms with Crippen molar-refractivity contribution in [3.8, 4) is 11.5 Å². The molecular weight excluding hydrogens is 434 g/mol. The van der Waals surface area contributed by atoms with Gasteiger partial charge >= 0.3 is 24.1 Å². The number of nitrogens with two attached hydrogens (primary N) is 1. The molecule has 2 N–H and O–H groups in total. The first-order valence-electron chi connectivity index (χ1n) is 10.8. The smallest absolute Gasteiger partial charge is 0.458 e. The van der Waals surface area contributed by atoms with Gasteiger partial charge in [-0.05, 0) is 38.0 Å². The van der Waals surface area contributed by atoms with Crippen LogP contribution in [0.15, 0.2) is 18.2 Å². The SMILES string of the molecule is CCOC(=O)OC[C@H](C)OC(=O)[C@@H](N)Cc1ccc(OC(=O)C(C)C)c(OC(=O)C(C)C)c1. The van der Waals surface area contributed by atoms with Crippen molar-refractivity contribution in [2.24, 2.45) is 17.6 Å². The highest BCUT2D eigenvalue weighted by atomic mass is 16.7. The summed E-state index contributed by atoms with van der Waals surface area (Å²) < 4.78 is 25.3. The quantitative estimate of drug-likeness (QED) is 0.381. The number of carbonyl (C=O) groups is 4. The molecule has 184 valence electrons. The van der Waals surface area contributed by atoms with Crippen LogP contribution in [-0.2, 0) is 35.0 Å². The van der Waals surface area contributed by atoms with Crippen molar-refractivity contribution >= 4 is 24.1 Å². The molecule has 0 aromatic heterocycles. The Balaban J connectivity index is 2.86. The normalized spacial score (nSPS) is 12.6. The fraction of sp³-hybridized carbons (Fsp3) is 0.565. The minimum Gasteiger partial charge on any atom is -0.458 e. The van der Waals surface area contributed by atoms with Crippen molar-refractivity contribution in [3.05, 3.63) is 23.8 Å². The summed E-state index contributed by atoms with van der Waals surface area (Å²) in [7, 11) is 0. The minimum absolute atomic E-state index is 0.0528. The van der Waals surface area contributed by atoms with Crippen LogP contribution in [0.5, 0.6) is 11.5 Å². The molecule has 0 heterocycles. The van der Waals surface area contributed by atoms with E-state index in [9.17, 15) is 19.2 Å². The molecule has 0 saturated heterocycles. The van der Waals surface area contributed by atoms with Gasteiger partial charge in [0, 0.05) is 0 Å². The monoisotopic (exact) mass is 467 g/mol. The fourth-order valence-corrected chi connectivity index (χ4v) is 2.30. The molecule has 1 aromatic carbocycles. The van der Waals surface area contributed by atoms with Gasteiger partial charge in [-0.25, -0.2) is 4.79 Å². The van der Waals surface area contributed by atoms with Gasteiger partial charge in [0.1, 0.15) is 18.8 Å². The van der Waals surface area contributed by atoms with Crippen molar-refractivity contribution in [3.63, 3.8) is 0 Å². The van der Waals surface area contributed by atoms with Gasteiger partial charge in [0.25, 0.3) is 0 Å². The molecule has 0 bridgehead atoms. The van der Waals surface area contributed by atoms with Gasteiger partial charge in [0.2, 0.25) is 0 Å². The van der Waals surface area contributed by atoms with Gasteiger partial charge in [-0.1, -0.05) is 33.8 Å². The largest absolute Gasteiger partial charge is 0.508 e. The molecule has 10 nitrogen and oxygen atoms in total. The predicted molar refractivity (Wildman–Crippen MR) is 118 cm³/mol. The summed E-state index contributed by atoms with van der Waals surface area (Å²) in [6.07, 6.45) is -1.52. The van der Waals surface area contributed by atoms with E-state index in [1.54, 1.807) is 47.6 Å². The maximum atomic E-state index is 12.3. The lowest BCUT2D eigenvalue weighted by Gasteiger charge is -2.18. The van der Waals surface area contributed by atoms with E-state index in [0.717, 1.165) is 0 Å². The predicted octanol–water partition coefficient (Wildman–Crippen LogP) is 2.78. The lowest BCUT2D eigenvalue weighted by atomic mass is 10.1. The lowest BCUT2D eigenvalue weighted by molar-refractivity contribution is -0.152. The molecule has 0 fully saturated rings. The topological polar surface area (TPSA) is 140 Å². The Morgan fingerprint density at radius 3 is 1.97 bits per heavy atom. The third-order valence-corrected chi connectivity index (χ3v) is 4.15. The van der Waals surface area contributed by atoms with E-state index >= 15 is 0 Å². The summed E-state index contributed by atoms with van der Waals surface area (Å²) in [6.45, 7) is 9.88. The van der Waals surface area contributed by atoms with Crippen LogP contribution in [0.1, 0.15) is 47.1 Å². The van der Waals surface area contributed by atoms with Crippen LogP contribution in [0.25, 0.3) is 0 Å². The molecule has 0 unspecified atom stereocenters. The average molecular weight is 468 g/mol. The van der Waals surface area contributed by atoms with Crippen molar-refractivity contribution in [1.82, 2.24) is 0 Å². The summed E-state index contributed by atoms with van der Waals surface area (Å²) in [4.78, 5) is 47.6. The third kappa shape index (κ3) is 9.90. The molecule has 33 heavy (non-hydrogen) atoms. The van der Waals surface area contributed by atoms with Gasteiger partial charge in [-0.3, -0.25) is 14.4 Å². The highest BCUT2D eigenvalue weighted by molar-refractivity contribution is 5.78. The summed E-state index contributed by atoms with van der Waals surface area (Å²) in [5, 5.41) is 0. The maximum absolute atomic E-state index is 12.3. The number of esters is 3. The standard InChI is InChI=1S/C23H33NO9/c1-7-29-23(28)30-12-15(6)31-22(27)17(24)10-16-8-9-18(32-20(25)13(2)3)19(11-16)33-21(26)14(4)5/h8-9,11,13-15,17H,7,10,12,24H2,1-6H3/t15-,17-/m0/s1. The first-order valence-corrected chi connectivity index (χ1v) is 10.8. The van der Waals surface area contributed by atoms with Crippen LogP contribution in [0.4, 0.5) is 4.79 Å². The number of hydrogen-bond donors (Lipinski definition) is 1. The molecular formula is C23H33NO9. The van der Waals surface area contributed by atoms with Crippen LogP contribution in [0.2, 0.25) is 0 Å². The minimum atomic E-state index is -1.03. The molecule has 0 spiro atoms. The summed E-state index contributed by atoms with van der Waals surface area (Å²) >= 11 is 0. The summed E-state index contributed by atoms with van der Waals surface area (Å²) in [5.74, 6) is -2.33. The Morgan fingerprint density at radius 1 is 0.848 bits per heavy atom. The number of rotatable bonds is 11. The Bertz CT molecular complexity index is 835. The van der Waals surface area contributed by atoms with Gasteiger partial charge < -0.3 is 29.4 Å². The van der Waals surface area contributed by atoms with Gasteiger partial charge in [-0.2, -0.15) is 0 Å². The van der Waals surface area contributed by atoms with E-state index in [2.05, 4.69) is 4.74 Å². The zero-order chi connectivity index (χ0) is 25.1. The molecule has 1 aromatic rings. The van der Waals surface area contributed by atoms with Gasteiger partial charge in [-0.15, -0.1) is 0 Å². The van der Waals surface area contributed by atoms with Crippen LogP contribution < -0.4 is 15.2 Å². The first-order chi connectivity index (χ1) is 15.4. The van der Waals surface area contributed by atoms with Gasteiger partial charge in [0.15, 0.2) is 11.5 Å². The molecule has 10 heteroatoms. The van der Waals surface area contributed by atoms with Crippen molar-refractivity contribution in [1.29, 1.82) is 0 Å². The van der Waals surface area contributed by atoms with Crippen molar-refractivity contribution in [2.45, 2.75) is 60.1 Å². The van der Waals surface area contributed by atoms with Crippen LogP contribution in [0, 0.1) is 11.8 Å². The molecule has 0 saturated carbocycles. The Morgan fingerprint density at radius 2 is 1.42 bits per heavy atom. The maximum Gasteiger partial charge on any atom is 0.508 e. The average Bonchev–Trinajstić information content (AvgIpc) is 2.73. The fourth-order valence-electron chi connectivity index (χ4n) is 2.30. The second-order valence-electron chi connectivity index (χ2n) is 7.98. The second kappa shape index (κ2) is 13.4. The van der Waals surface area contributed by atoms with E-state index in [0.29, 0.717) is 5.56 Å². The number of benzene rings is 1. The molecule has 0 aliphatic heterocycles. The number of hydrogen-bond acceptors (Lipinski definition) is 10. The van der Waals surface area contributed by atoms with E-state index in [1.165, 1.54) is 12.1 Å². The van der Waals surface area contributed by atoms with Gasteiger partial charge in [0.05, 0.1) is 18.4 Å². The summed E-state index contributed by atoms with van der Waals surface area (Å²) in [5.41, 5.74) is 6.52. The van der Waals surface area contributed by atoms with Crippen molar-refractivity contribution in [2.75, 3.05) is 13.2 Å². The van der Waals surface area contributed by atoms with E-state index < -0.39 is 42.1 Å². The molecule has 0 aliphatic carbocycles. The second-order valence-corrected chi connectivity index (χ2v) is 7.98. The van der Waals surface area contributed by atoms with Crippen LogP contribution in [-0.4, -0.2) is 49.4 Å². The Labute approximate surface area is 193 Å². The zero-order valence-electron chi connectivity index (χ0n) is 19.9. The van der Waals surface area contributed by atoms with E-state index in [4.69, 9.17) is 24.7 Å². The zero-order valence-corrected chi connectivity index (χ0v) is 19.9. The third-order valence-electron chi connectivity index (χ3n) is 4.15. The Hall–Kier alpha value is -3.14. The van der Waals surface area contributed by atoms with Crippen LogP contribution >= 0.6 is 0 Å². The molecule has 0 amide bonds. The van der Waals surface area contributed by atoms with E-state index in [1.807, 2.05) is 0 Å². The highest BCUT2D eigenvalue weighted by Gasteiger charge is 2.22. The number of carbonyl (C=O) groups excluding carboxylic acids is 4. The van der Waals surface area contributed by atoms with Crippen LogP contribution in [0.3, 0.4) is 0 Å². The summed E-state index contributed by atoms with van der Waals surface area (Å²) in [6, 6.07) is 3.54.